The summed E-state index contributed by atoms with van der Waals surface area (Å²) in [5.74, 6) is -0.460. The third-order valence-corrected chi connectivity index (χ3v) is 6.64. The van der Waals surface area contributed by atoms with Crippen LogP contribution in [0, 0.1) is 13.8 Å². The minimum atomic E-state index is -4.79. The van der Waals surface area contributed by atoms with Crippen LogP contribution in [0.15, 0.2) is 24.3 Å². The van der Waals surface area contributed by atoms with Gasteiger partial charge in [0.05, 0.1) is 35.3 Å². The quantitative estimate of drug-likeness (QED) is 0.661. The summed E-state index contributed by atoms with van der Waals surface area (Å²) in [7, 11) is 1.69. The van der Waals surface area contributed by atoms with Gasteiger partial charge in [-0.25, -0.2) is 4.68 Å². The lowest BCUT2D eigenvalue weighted by Gasteiger charge is -2.38. The number of methoxy groups -OCH3 is 1. The number of carbonyl (C=O) groups excluding carboxylic acids is 1. The number of alkyl halides is 3. The first kappa shape index (κ1) is 25.5. The number of piperidine rings is 1. The Morgan fingerprint density at radius 2 is 1.94 bits per heavy atom. The molecular weight excluding hydrogens is 465 g/mol. The van der Waals surface area contributed by atoms with Crippen LogP contribution in [0.25, 0.3) is 5.69 Å². The number of aryl methyl sites for hydroxylation is 1. The average Bonchev–Trinajstić information content (AvgIpc) is 3.12. The SMILES string of the molecule is CO[C@@H]1COCC[C@H]1NC1CCN(C(=O)c2c(C)nn(-c3cccc(OC(F)(F)F)c3)c2C)CC1. The summed E-state index contributed by atoms with van der Waals surface area (Å²) in [6.45, 7) is 5.99. The number of hydrogen-bond donors (Lipinski definition) is 1. The Morgan fingerprint density at radius 1 is 1.20 bits per heavy atom. The van der Waals surface area contributed by atoms with Gasteiger partial charge in [-0.1, -0.05) is 6.07 Å². The standard InChI is InChI=1S/C24H31F3N4O4/c1-15-22(16(2)31(29-15)18-5-4-6-19(13-18)35-24(25,26)27)23(32)30-10-7-17(8-11-30)28-20-9-12-34-14-21(20)33-3/h4-6,13,17,20-21,28H,7-12,14H2,1-3H3/t20-,21-/m1/s1. The molecule has 3 heterocycles. The van der Waals surface area contributed by atoms with E-state index >= 15 is 0 Å². The van der Waals surface area contributed by atoms with E-state index in [0.29, 0.717) is 55.0 Å². The van der Waals surface area contributed by atoms with Crippen LogP contribution in [0.2, 0.25) is 0 Å². The van der Waals surface area contributed by atoms with Gasteiger partial charge in [0.25, 0.3) is 5.91 Å². The smallest absolute Gasteiger partial charge is 0.406 e. The molecule has 2 aliphatic heterocycles. The van der Waals surface area contributed by atoms with Crippen molar-refractivity contribution in [3.05, 3.63) is 41.2 Å². The van der Waals surface area contributed by atoms with Gasteiger partial charge in [-0.15, -0.1) is 13.2 Å². The van der Waals surface area contributed by atoms with Crippen molar-refractivity contribution >= 4 is 5.91 Å². The Hall–Kier alpha value is -2.63. The van der Waals surface area contributed by atoms with Crippen LogP contribution >= 0.6 is 0 Å². The van der Waals surface area contributed by atoms with Gasteiger partial charge < -0.3 is 24.4 Å². The molecule has 0 aliphatic carbocycles. The van der Waals surface area contributed by atoms with E-state index in [0.717, 1.165) is 19.3 Å². The normalized spacial score (nSPS) is 21.8. The van der Waals surface area contributed by atoms with E-state index in [9.17, 15) is 18.0 Å². The van der Waals surface area contributed by atoms with Gasteiger partial charge in [0.2, 0.25) is 0 Å². The van der Waals surface area contributed by atoms with Crippen LogP contribution < -0.4 is 10.1 Å². The number of nitrogens with one attached hydrogen (secondary N) is 1. The molecule has 4 rings (SSSR count). The van der Waals surface area contributed by atoms with Crippen molar-refractivity contribution in [2.75, 3.05) is 33.4 Å². The van der Waals surface area contributed by atoms with Crippen LogP contribution in [-0.4, -0.2) is 78.6 Å². The first-order valence-electron chi connectivity index (χ1n) is 11.7. The number of benzene rings is 1. The number of hydrogen-bond acceptors (Lipinski definition) is 6. The monoisotopic (exact) mass is 496 g/mol. The number of likely N-dealkylation sites (tertiary alicyclic amines) is 1. The van der Waals surface area contributed by atoms with Crippen LogP contribution in [0.3, 0.4) is 0 Å². The predicted octanol–water partition coefficient (Wildman–Crippen LogP) is 3.39. The molecule has 0 bridgehead atoms. The average molecular weight is 497 g/mol. The molecule has 11 heteroatoms. The molecule has 1 amide bonds. The van der Waals surface area contributed by atoms with Crippen LogP contribution in [0.4, 0.5) is 13.2 Å². The van der Waals surface area contributed by atoms with Crippen LogP contribution in [0.5, 0.6) is 5.75 Å². The summed E-state index contributed by atoms with van der Waals surface area (Å²) in [6.07, 6.45) is -2.22. The first-order chi connectivity index (χ1) is 16.7. The van der Waals surface area contributed by atoms with Gasteiger partial charge >= 0.3 is 6.36 Å². The fraction of sp³-hybridized carbons (Fsp3) is 0.583. The van der Waals surface area contributed by atoms with E-state index in [1.54, 1.807) is 27.0 Å². The third-order valence-electron chi connectivity index (χ3n) is 6.64. The summed E-state index contributed by atoms with van der Waals surface area (Å²) < 4.78 is 54.4. The van der Waals surface area contributed by atoms with Crippen molar-refractivity contribution in [1.29, 1.82) is 0 Å². The highest BCUT2D eigenvalue weighted by molar-refractivity contribution is 5.96. The van der Waals surface area contributed by atoms with Gasteiger partial charge in [-0.2, -0.15) is 5.10 Å². The number of aromatic nitrogens is 2. The Labute approximate surface area is 202 Å². The van der Waals surface area contributed by atoms with Gasteiger partial charge in [0.1, 0.15) is 5.75 Å². The Morgan fingerprint density at radius 3 is 2.63 bits per heavy atom. The predicted molar refractivity (Wildman–Crippen MR) is 122 cm³/mol. The van der Waals surface area contributed by atoms with Gasteiger partial charge in [-0.05, 0) is 45.2 Å². The van der Waals surface area contributed by atoms with Crippen molar-refractivity contribution in [3.8, 4) is 11.4 Å². The highest BCUT2D eigenvalue weighted by atomic mass is 19.4. The summed E-state index contributed by atoms with van der Waals surface area (Å²) in [6, 6.07) is 6.09. The lowest BCUT2D eigenvalue weighted by Crippen LogP contribution is -2.54. The number of ether oxygens (including phenoxy) is 3. The first-order valence-corrected chi connectivity index (χ1v) is 11.7. The molecule has 1 aromatic carbocycles. The molecule has 1 N–H and O–H groups in total. The number of rotatable bonds is 6. The fourth-order valence-electron chi connectivity index (χ4n) is 4.86. The Bertz CT molecular complexity index is 1030. The maximum atomic E-state index is 13.4. The molecule has 2 atom stereocenters. The molecule has 0 radical (unpaired) electrons. The molecule has 35 heavy (non-hydrogen) atoms. The molecule has 8 nitrogen and oxygen atoms in total. The molecular formula is C24H31F3N4O4. The zero-order chi connectivity index (χ0) is 25.2. The summed E-state index contributed by atoms with van der Waals surface area (Å²) in [5.41, 5.74) is 1.96. The van der Waals surface area contributed by atoms with Crippen molar-refractivity contribution in [3.63, 3.8) is 0 Å². The van der Waals surface area contributed by atoms with E-state index in [2.05, 4.69) is 15.2 Å². The van der Waals surface area contributed by atoms with E-state index in [4.69, 9.17) is 9.47 Å². The molecule has 2 saturated heterocycles. The maximum Gasteiger partial charge on any atom is 0.573 e. The maximum absolute atomic E-state index is 13.4. The summed E-state index contributed by atoms with van der Waals surface area (Å²) in [5, 5.41) is 8.11. The zero-order valence-corrected chi connectivity index (χ0v) is 20.1. The second-order valence-corrected chi connectivity index (χ2v) is 8.98. The topological polar surface area (TPSA) is 77.9 Å². The number of amides is 1. The number of nitrogens with zero attached hydrogens (tertiary/aromatic N) is 3. The molecule has 0 spiro atoms. The molecule has 2 fully saturated rings. The molecule has 0 unspecified atom stereocenters. The fourth-order valence-corrected chi connectivity index (χ4v) is 4.86. The van der Waals surface area contributed by atoms with Crippen molar-refractivity contribution in [1.82, 2.24) is 20.0 Å². The van der Waals surface area contributed by atoms with E-state index in [1.807, 2.05) is 4.90 Å². The molecule has 0 saturated carbocycles. The second-order valence-electron chi connectivity index (χ2n) is 8.98. The number of carbonyl (C=O) groups is 1. The second kappa shape index (κ2) is 10.5. The minimum Gasteiger partial charge on any atom is -0.406 e. The van der Waals surface area contributed by atoms with E-state index < -0.39 is 6.36 Å². The van der Waals surface area contributed by atoms with Crippen molar-refractivity contribution < 1.29 is 32.2 Å². The largest absolute Gasteiger partial charge is 0.573 e. The van der Waals surface area contributed by atoms with Gasteiger partial charge in [0, 0.05) is 45.0 Å². The zero-order valence-electron chi connectivity index (χ0n) is 20.1. The van der Waals surface area contributed by atoms with Crippen LogP contribution in [-0.2, 0) is 9.47 Å². The molecule has 192 valence electrons. The highest BCUT2D eigenvalue weighted by Gasteiger charge is 2.33. The summed E-state index contributed by atoms with van der Waals surface area (Å²) in [4.78, 5) is 15.2. The summed E-state index contributed by atoms with van der Waals surface area (Å²) >= 11 is 0. The minimum absolute atomic E-state index is 0.0274. The Kier molecular flexibility index (Phi) is 7.67. The third kappa shape index (κ3) is 5.96. The van der Waals surface area contributed by atoms with E-state index in [-0.39, 0.29) is 23.8 Å². The van der Waals surface area contributed by atoms with Crippen LogP contribution in [0.1, 0.15) is 41.0 Å². The number of halogens is 3. The highest BCUT2D eigenvalue weighted by Crippen LogP contribution is 2.27. The van der Waals surface area contributed by atoms with Crippen molar-refractivity contribution in [2.45, 2.75) is 57.7 Å². The lowest BCUT2D eigenvalue weighted by atomic mass is 9.99. The lowest BCUT2D eigenvalue weighted by molar-refractivity contribution is -0.274. The van der Waals surface area contributed by atoms with E-state index in [1.165, 1.54) is 22.9 Å². The molecule has 1 aromatic heterocycles. The molecule has 2 aromatic rings. The molecule has 2 aliphatic rings. The van der Waals surface area contributed by atoms with Gasteiger partial charge in [0.15, 0.2) is 0 Å². The Balaban J connectivity index is 1.42. The van der Waals surface area contributed by atoms with Crippen molar-refractivity contribution in [2.24, 2.45) is 0 Å². The van der Waals surface area contributed by atoms with Gasteiger partial charge in [-0.3, -0.25) is 4.79 Å².